The van der Waals surface area contributed by atoms with Gasteiger partial charge in [0.1, 0.15) is 13.2 Å². The Bertz CT molecular complexity index is 1190. The molecule has 0 amide bonds. The van der Waals surface area contributed by atoms with Crippen LogP contribution in [0.3, 0.4) is 0 Å². The Morgan fingerprint density at radius 2 is 0.650 bits per heavy atom. The highest BCUT2D eigenvalue weighted by atomic mass is 16.6. The Balaban J connectivity index is 4.42. The number of ether oxygens (including phenoxy) is 3. The number of allylic oxidation sites excluding steroid dienone is 14. The SMILES string of the molecule is CC/C=C\C/C=C\C/C=C\CCCCCCCCC(=O)OCC(COC(=O)CCCCCC/C=C\CCCC)OC(=O)CCCCCCCC/C=C\C/C=C\C/C=C\CC. The topological polar surface area (TPSA) is 78.9 Å². The maximum Gasteiger partial charge on any atom is 0.306 e. The summed E-state index contributed by atoms with van der Waals surface area (Å²) in [6.07, 6.45) is 61.4. The summed E-state index contributed by atoms with van der Waals surface area (Å²) < 4.78 is 16.7. The molecular formula is C54H90O6. The predicted molar refractivity (Wildman–Crippen MR) is 256 cm³/mol. The summed E-state index contributed by atoms with van der Waals surface area (Å²) in [6.45, 7) is 6.33. The summed E-state index contributed by atoms with van der Waals surface area (Å²) in [7, 11) is 0. The summed E-state index contributed by atoms with van der Waals surface area (Å²) in [5.74, 6) is -0.936. The second-order valence-corrected chi connectivity index (χ2v) is 16.0. The van der Waals surface area contributed by atoms with Crippen LogP contribution >= 0.6 is 0 Å². The molecule has 0 aromatic heterocycles. The monoisotopic (exact) mass is 835 g/mol. The molecule has 60 heavy (non-hydrogen) atoms. The first kappa shape index (κ1) is 56.6. The summed E-state index contributed by atoms with van der Waals surface area (Å²) in [4.78, 5) is 37.9. The smallest absolute Gasteiger partial charge is 0.306 e. The third-order valence-electron chi connectivity index (χ3n) is 10.1. The van der Waals surface area contributed by atoms with E-state index >= 15 is 0 Å². The second kappa shape index (κ2) is 48.3. The largest absolute Gasteiger partial charge is 0.462 e. The van der Waals surface area contributed by atoms with Gasteiger partial charge in [-0.1, -0.05) is 183 Å². The highest BCUT2D eigenvalue weighted by molar-refractivity contribution is 5.71. The van der Waals surface area contributed by atoms with Crippen LogP contribution in [0.4, 0.5) is 0 Å². The van der Waals surface area contributed by atoms with Crippen molar-refractivity contribution in [3.63, 3.8) is 0 Å². The number of esters is 3. The lowest BCUT2D eigenvalue weighted by atomic mass is 10.1. The third kappa shape index (κ3) is 45.7. The molecule has 342 valence electrons. The molecule has 0 fully saturated rings. The summed E-state index contributed by atoms with van der Waals surface area (Å²) in [5, 5.41) is 0. The van der Waals surface area contributed by atoms with Gasteiger partial charge in [0, 0.05) is 19.3 Å². The Kier molecular flexibility index (Phi) is 45.5. The van der Waals surface area contributed by atoms with Gasteiger partial charge in [0.05, 0.1) is 0 Å². The third-order valence-corrected chi connectivity index (χ3v) is 10.1. The van der Waals surface area contributed by atoms with Gasteiger partial charge in [0.2, 0.25) is 0 Å². The van der Waals surface area contributed by atoms with Gasteiger partial charge in [-0.25, -0.2) is 0 Å². The van der Waals surface area contributed by atoms with Crippen molar-refractivity contribution in [2.24, 2.45) is 0 Å². The minimum atomic E-state index is -0.792. The van der Waals surface area contributed by atoms with E-state index in [2.05, 4.69) is 106 Å². The molecular weight excluding hydrogens is 745 g/mol. The number of carbonyl (C=O) groups excluding carboxylic acids is 3. The van der Waals surface area contributed by atoms with Crippen molar-refractivity contribution in [3.8, 4) is 0 Å². The van der Waals surface area contributed by atoms with Crippen LogP contribution in [0.1, 0.15) is 220 Å². The molecule has 0 radical (unpaired) electrons. The van der Waals surface area contributed by atoms with E-state index in [1.807, 2.05) is 0 Å². The highest BCUT2D eigenvalue weighted by Gasteiger charge is 2.19. The van der Waals surface area contributed by atoms with Crippen molar-refractivity contribution in [3.05, 3.63) is 85.1 Å². The van der Waals surface area contributed by atoms with Crippen molar-refractivity contribution in [2.75, 3.05) is 13.2 Å². The number of hydrogen-bond donors (Lipinski definition) is 0. The number of rotatable bonds is 43. The fraction of sp³-hybridized carbons (Fsp3) is 0.685. The molecule has 0 aliphatic heterocycles. The van der Waals surface area contributed by atoms with Gasteiger partial charge in [-0.3, -0.25) is 14.4 Å². The van der Waals surface area contributed by atoms with Crippen LogP contribution in [0.2, 0.25) is 0 Å². The van der Waals surface area contributed by atoms with Crippen molar-refractivity contribution >= 4 is 17.9 Å². The highest BCUT2D eigenvalue weighted by Crippen LogP contribution is 2.13. The first-order valence-corrected chi connectivity index (χ1v) is 24.6. The van der Waals surface area contributed by atoms with E-state index in [0.29, 0.717) is 19.3 Å². The van der Waals surface area contributed by atoms with Gasteiger partial charge in [-0.05, 0) is 103 Å². The predicted octanol–water partition coefficient (Wildman–Crippen LogP) is 16.0. The maximum absolute atomic E-state index is 12.8. The van der Waals surface area contributed by atoms with E-state index in [1.165, 1.54) is 44.9 Å². The van der Waals surface area contributed by atoms with Gasteiger partial charge in [0.25, 0.3) is 0 Å². The number of unbranched alkanes of at least 4 members (excludes halogenated alkanes) is 18. The van der Waals surface area contributed by atoms with E-state index in [9.17, 15) is 14.4 Å². The minimum Gasteiger partial charge on any atom is -0.462 e. The molecule has 0 saturated heterocycles. The molecule has 0 rings (SSSR count). The fourth-order valence-electron chi connectivity index (χ4n) is 6.45. The number of hydrogen-bond acceptors (Lipinski definition) is 6. The molecule has 1 atom stereocenters. The quantitative estimate of drug-likeness (QED) is 0.0263. The van der Waals surface area contributed by atoms with Crippen LogP contribution in [0.25, 0.3) is 0 Å². The van der Waals surface area contributed by atoms with Crippen molar-refractivity contribution < 1.29 is 28.6 Å². The lowest BCUT2D eigenvalue weighted by Gasteiger charge is -2.18. The van der Waals surface area contributed by atoms with Gasteiger partial charge in [-0.15, -0.1) is 0 Å². The molecule has 6 heteroatoms. The van der Waals surface area contributed by atoms with Crippen molar-refractivity contribution in [2.45, 2.75) is 226 Å². The summed E-state index contributed by atoms with van der Waals surface area (Å²) >= 11 is 0. The Morgan fingerprint density at radius 1 is 0.350 bits per heavy atom. The first-order valence-electron chi connectivity index (χ1n) is 24.6. The van der Waals surface area contributed by atoms with E-state index in [-0.39, 0.29) is 31.1 Å². The molecule has 0 spiro atoms. The van der Waals surface area contributed by atoms with Crippen LogP contribution in [-0.2, 0) is 28.6 Å². The first-order chi connectivity index (χ1) is 29.5. The van der Waals surface area contributed by atoms with Crippen LogP contribution in [-0.4, -0.2) is 37.2 Å². The van der Waals surface area contributed by atoms with Crippen molar-refractivity contribution in [1.29, 1.82) is 0 Å². The Hall–Kier alpha value is -3.41. The van der Waals surface area contributed by atoms with Gasteiger partial charge in [0.15, 0.2) is 6.10 Å². The lowest BCUT2D eigenvalue weighted by Crippen LogP contribution is -2.30. The molecule has 6 nitrogen and oxygen atoms in total. The molecule has 0 aromatic carbocycles. The molecule has 0 aromatic rings. The van der Waals surface area contributed by atoms with Crippen LogP contribution in [0, 0.1) is 0 Å². The van der Waals surface area contributed by atoms with E-state index in [1.54, 1.807) is 0 Å². The van der Waals surface area contributed by atoms with Gasteiger partial charge in [-0.2, -0.15) is 0 Å². The average Bonchev–Trinajstić information content (AvgIpc) is 3.24. The summed E-state index contributed by atoms with van der Waals surface area (Å²) in [6, 6.07) is 0. The zero-order valence-corrected chi connectivity index (χ0v) is 38.9. The molecule has 0 bridgehead atoms. The van der Waals surface area contributed by atoms with Crippen molar-refractivity contribution in [1.82, 2.24) is 0 Å². The van der Waals surface area contributed by atoms with Crippen LogP contribution in [0.15, 0.2) is 85.1 Å². The minimum absolute atomic E-state index is 0.0933. The normalized spacial score (nSPS) is 12.8. The average molecular weight is 835 g/mol. The molecule has 0 N–H and O–H groups in total. The fourth-order valence-corrected chi connectivity index (χ4v) is 6.45. The maximum atomic E-state index is 12.8. The van der Waals surface area contributed by atoms with Crippen LogP contribution in [0.5, 0.6) is 0 Å². The van der Waals surface area contributed by atoms with Gasteiger partial charge < -0.3 is 14.2 Å². The van der Waals surface area contributed by atoms with E-state index < -0.39 is 6.10 Å². The zero-order chi connectivity index (χ0) is 43.7. The molecule has 0 aliphatic carbocycles. The lowest BCUT2D eigenvalue weighted by molar-refractivity contribution is -0.167. The Morgan fingerprint density at radius 3 is 1.03 bits per heavy atom. The van der Waals surface area contributed by atoms with E-state index in [0.717, 1.165) is 135 Å². The zero-order valence-electron chi connectivity index (χ0n) is 38.9. The van der Waals surface area contributed by atoms with Crippen LogP contribution < -0.4 is 0 Å². The molecule has 1 unspecified atom stereocenters. The Labute approximate surface area is 369 Å². The second-order valence-electron chi connectivity index (χ2n) is 16.0. The standard InChI is InChI=1S/C54H90O6/c1-4-7-10-13-16-19-22-24-26-28-30-32-35-38-41-44-47-53(56)59-50-51(49-58-52(55)46-43-40-37-34-21-18-15-12-9-6-3)60-54(57)48-45-42-39-36-33-31-29-27-25-23-20-17-14-11-8-5-2/h7-8,10-11,15-20,24-27,51H,4-6,9,12-14,21-23,28-50H2,1-3H3/b10-7-,11-8-,18-15-,19-16-,20-17-,26-24-,27-25-. The van der Waals surface area contributed by atoms with E-state index in [4.69, 9.17) is 14.2 Å². The molecule has 0 heterocycles. The molecule has 0 saturated carbocycles. The summed E-state index contributed by atoms with van der Waals surface area (Å²) in [5.41, 5.74) is 0. The molecule has 0 aliphatic rings. The number of carbonyl (C=O) groups is 3. The van der Waals surface area contributed by atoms with Gasteiger partial charge >= 0.3 is 17.9 Å².